The molecular weight excluding hydrogens is 330 g/mol. The molecule has 2 aromatic heterocycles. The van der Waals surface area contributed by atoms with Gasteiger partial charge in [0.2, 0.25) is 11.8 Å². The Balaban J connectivity index is 1.64. The highest BCUT2D eigenvalue weighted by Gasteiger charge is 2.31. The van der Waals surface area contributed by atoms with E-state index in [2.05, 4.69) is 20.7 Å². The summed E-state index contributed by atoms with van der Waals surface area (Å²) in [6, 6.07) is 3.39. The van der Waals surface area contributed by atoms with Gasteiger partial charge in [0.15, 0.2) is 0 Å². The molecule has 0 aromatic carbocycles. The minimum Gasteiger partial charge on any atom is -0.351 e. The molecule has 0 saturated carbocycles. The summed E-state index contributed by atoms with van der Waals surface area (Å²) in [5, 5.41) is 10.5. The summed E-state index contributed by atoms with van der Waals surface area (Å²) in [6.45, 7) is 3.98. The second-order valence-corrected chi connectivity index (χ2v) is 6.82. The van der Waals surface area contributed by atoms with Crippen LogP contribution in [0.5, 0.6) is 0 Å². The molecule has 1 aliphatic heterocycles. The van der Waals surface area contributed by atoms with Crippen molar-refractivity contribution in [2.45, 2.75) is 51.6 Å². The topological polar surface area (TPSA) is 88.9 Å². The molecule has 2 amide bonds. The van der Waals surface area contributed by atoms with Crippen LogP contribution in [0.3, 0.4) is 0 Å². The van der Waals surface area contributed by atoms with Gasteiger partial charge in [-0.3, -0.25) is 19.3 Å². The molecule has 0 bridgehead atoms. The largest absolute Gasteiger partial charge is 0.351 e. The normalized spacial score (nSPS) is 19.9. The Morgan fingerprint density at radius 2 is 2.23 bits per heavy atom. The molecule has 0 aliphatic carbocycles. The van der Waals surface area contributed by atoms with Gasteiger partial charge < -0.3 is 10.6 Å². The Hall–Kier alpha value is -2.70. The first kappa shape index (κ1) is 18.1. The third-order valence-electron chi connectivity index (χ3n) is 5.05. The molecule has 0 radical (unpaired) electrons. The molecule has 1 fully saturated rings. The van der Waals surface area contributed by atoms with Crippen molar-refractivity contribution in [3.63, 3.8) is 0 Å². The van der Waals surface area contributed by atoms with Crippen LogP contribution < -0.4 is 10.6 Å². The number of aryl methyl sites for hydroxylation is 2. The first-order chi connectivity index (χ1) is 12.5. The highest BCUT2D eigenvalue weighted by Crippen LogP contribution is 2.24. The smallest absolute Gasteiger partial charge is 0.220 e. The van der Waals surface area contributed by atoms with E-state index >= 15 is 0 Å². The van der Waals surface area contributed by atoms with Gasteiger partial charge in [-0.1, -0.05) is 6.07 Å². The maximum Gasteiger partial charge on any atom is 0.220 e. The molecule has 2 aromatic rings. The van der Waals surface area contributed by atoms with E-state index in [0.29, 0.717) is 25.7 Å². The van der Waals surface area contributed by atoms with Gasteiger partial charge >= 0.3 is 0 Å². The third-order valence-corrected chi connectivity index (χ3v) is 5.05. The standard InChI is InChI=1S/C19H25N5O2/c1-12-15(13(2)24(3)23-12)6-8-17(25)21-16-7-9-18(26)22-19(16)14-5-4-10-20-11-14/h4-5,10-11,16,19H,6-9H2,1-3H3,(H,21,25)(H,22,26)/t16-,19+/m0/s1. The van der Waals surface area contributed by atoms with Crippen molar-refractivity contribution in [1.29, 1.82) is 0 Å². The van der Waals surface area contributed by atoms with E-state index in [1.165, 1.54) is 0 Å². The molecule has 0 spiro atoms. The summed E-state index contributed by atoms with van der Waals surface area (Å²) >= 11 is 0. The number of carbonyl (C=O) groups excluding carboxylic acids is 2. The first-order valence-electron chi connectivity index (χ1n) is 8.93. The number of nitrogens with one attached hydrogen (secondary N) is 2. The number of amides is 2. The Morgan fingerprint density at radius 1 is 1.42 bits per heavy atom. The van der Waals surface area contributed by atoms with Crippen molar-refractivity contribution in [1.82, 2.24) is 25.4 Å². The van der Waals surface area contributed by atoms with Crippen LogP contribution in [0.2, 0.25) is 0 Å². The molecule has 2 atom stereocenters. The summed E-state index contributed by atoms with van der Waals surface area (Å²) in [5.41, 5.74) is 4.10. The number of nitrogens with zero attached hydrogens (tertiary/aromatic N) is 3. The Morgan fingerprint density at radius 3 is 2.88 bits per heavy atom. The fraction of sp³-hybridized carbons (Fsp3) is 0.474. The van der Waals surface area contributed by atoms with E-state index in [-0.39, 0.29) is 23.9 Å². The van der Waals surface area contributed by atoms with Gasteiger partial charge in [-0.05, 0) is 43.9 Å². The molecule has 3 heterocycles. The van der Waals surface area contributed by atoms with Crippen LogP contribution >= 0.6 is 0 Å². The minimum absolute atomic E-state index is 0.00552. The average Bonchev–Trinajstić information content (AvgIpc) is 2.87. The SMILES string of the molecule is Cc1nn(C)c(C)c1CCC(=O)N[C@H]1CCC(=O)N[C@@H]1c1cccnc1. The maximum atomic E-state index is 12.5. The van der Waals surface area contributed by atoms with Crippen molar-refractivity contribution in [3.05, 3.63) is 47.0 Å². The summed E-state index contributed by atoms with van der Waals surface area (Å²) < 4.78 is 1.84. The van der Waals surface area contributed by atoms with E-state index in [4.69, 9.17) is 0 Å². The molecule has 26 heavy (non-hydrogen) atoms. The first-order valence-corrected chi connectivity index (χ1v) is 8.93. The lowest BCUT2D eigenvalue weighted by molar-refractivity contribution is -0.127. The van der Waals surface area contributed by atoms with Crippen LogP contribution in [0.1, 0.15) is 47.8 Å². The number of carbonyl (C=O) groups is 2. The highest BCUT2D eigenvalue weighted by molar-refractivity contribution is 5.79. The molecule has 1 saturated heterocycles. The summed E-state index contributed by atoms with van der Waals surface area (Å²) in [6.07, 6.45) is 5.54. The molecule has 7 nitrogen and oxygen atoms in total. The van der Waals surface area contributed by atoms with E-state index in [9.17, 15) is 9.59 Å². The van der Waals surface area contributed by atoms with Gasteiger partial charge in [0.05, 0.1) is 17.8 Å². The van der Waals surface area contributed by atoms with Crippen molar-refractivity contribution >= 4 is 11.8 Å². The lowest BCUT2D eigenvalue weighted by Crippen LogP contribution is -2.50. The van der Waals surface area contributed by atoms with E-state index < -0.39 is 0 Å². The van der Waals surface area contributed by atoms with Gasteiger partial charge in [0, 0.05) is 38.0 Å². The van der Waals surface area contributed by atoms with Crippen LogP contribution in [-0.4, -0.2) is 32.6 Å². The molecule has 1 aliphatic rings. The third kappa shape index (κ3) is 3.92. The molecule has 7 heteroatoms. The van der Waals surface area contributed by atoms with Crippen molar-refractivity contribution in [3.8, 4) is 0 Å². The van der Waals surface area contributed by atoms with Crippen LogP contribution in [0.25, 0.3) is 0 Å². The van der Waals surface area contributed by atoms with Gasteiger partial charge in [-0.15, -0.1) is 0 Å². The second-order valence-electron chi connectivity index (χ2n) is 6.82. The monoisotopic (exact) mass is 355 g/mol. The quantitative estimate of drug-likeness (QED) is 0.851. The lowest BCUT2D eigenvalue weighted by atomic mass is 9.92. The van der Waals surface area contributed by atoms with Crippen LogP contribution in [0.15, 0.2) is 24.5 Å². The van der Waals surface area contributed by atoms with Gasteiger partial charge in [0.1, 0.15) is 0 Å². The lowest BCUT2D eigenvalue weighted by Gasteiger charge is -2.33. The zero-order valence-corrected chi connectivity index (χ0v) is 15.5. The highest BCUT2D eigenvalue weighted by atomic mass is 16.2. The van der Waals surface area contributed by atoms with Gasteiger partial charge in [0.25, 0.3) is 0 Å². The van der Waals surface area contributed by atoms with E-state index in [1.54, 1.807) is 12.4 Å². The molecule has 3 rings (SSSR count). The Labute approximate surface area is 153 Å². The molecular formula is C19H25N5O2. The summed E-state index contributed by atoms with van der Waals surface area (Å²) in [5.74, 6) is -0.00588. The maximum absolute atomic E-state index is 12.5. The van der Waals surface area contributed by atoms with Crippen LogP contribution in [-0.2, 0) is 23.1 Å². The molecule has 138 valence electrons. The number of aromatic nitrogens is 3. The summed E-state index contributed by atoms with van der Waals surface area (Å²) in [7, 11) is 1.91. The van der Waals surface area contributed by atoms with Crippen LogP contribution in [0.4, 0.5) is 0 Å². The Kier molecular flexibility index (Phi) is 5.35. The van der Waals surface area contributed by atoms with Crippen molar-refractivity contribution in [2.24, 2.45) is 7.05 Å². The fourth-order valence-electron chi connectivity index (χ4n) is 3.53. The number of piperidine rings is 1. The summed E-state index contributed by atoms with van der Waals surface area (Å²) in [4.78, 5) is 28.4. The Bertz CT molecular complexity index is 800. The second kappa shape index (κ2) is 7.68. The predicted octanol–water partition coefficient (Wildman–Crippen LogP) is 1.50. The predicted molar refractivity (Wildman–Crippen MR) is 97.3 cm³/mol. The number of pyridine rings is 1. The van der Waals surface area contributed by atoms with Crippen molar-refractivity contribution < 1.29 is 9.59 Å². The minimum atomic E-state index is -0.240. The zero-order chi connectivity index (χ0) is 18.7. The molecule has 0 unspecified atom stereocenters. The fourth-order valence-corrected chi connectivity index (χ4v) is 3.53. The van der Waals surface area contributed by atoms with Gasteiger partial charge in [-0.25, -0.2) is 0 Å². The van der Waals surface area contributed by atoms with Crippen molar-refractivity contribution in [2.75, 3.05) is 0 Å². The van der Waals surface area contributed by atoms with E-state index in [0.717, 1.165) is 22.5 Å². The molecule has 2 N–H and O–H groups in total. The van der Waals surface area contributed by atoms with Gasteiger partial charge in [-0.2, -0.15) is 5.10 Å². The average molecular weight is 355 g/mol. The zero-order valence-electron chi connectivity index (χ0n) is 15.5. The van der Waals surface area contributed by atoms with Crippen LogP contribution in [0, 0.1) is 13.8 Å². The number of hydrogen-bond acceptors (Lipinski definition) is 4. The number of hydrogen-bond donors (Lipinski definition) is 2. The van der Waals surface area contributed by atoms with E-state index in [1.807, 2.05) is 37.7 Å². The number of rotatable bonds is 5.